The zero-order valence-corrected chi connectivity index (χ0v) is 19.4. The van der Waals surface area contributed by atoms with E-state index < -0.39 is 0 Å². The maximum atomic E-state index is 12.7. The van der Waals surface area contributed by atoms with Gasteiger partial charge in [0.2, 0.25) is 0 Å². The number of ether oxygens (including phenoxy) is 1. The Hall–Kier alpha value is -2.09. The molecular weight excluding hydrogens is 393 g/mol. The Morgan fingerprint density at radius 2 is 1.55 bits per heavy atom. The normalized spacial score (nSPS) is 10.5. The molecule has 6 heteroatoms. The summed E-state index contributed by atoms with van der Waals surface area (Å²) in [5.74, 6) is 0.983. The molecule has 0 aliphatic rings. The van der Waals surface area contributed by atoms with Gasteiger partial charge in [-0.3, -0.25) is 4.79 Å². The summed E-state index contributed by atoms with van der Waals surface area (Å²) in [5, 5.41) is 20.0. The van der Waals surface area contributed by atoms with Gasteiger partial charge in [0.1, 0.15) is 17.2 Å². The quantitative estimate of drug-likeness (QED) is 0.386. The van der Waals surface area contributed by atoms with Crippen LogP contribution in [0, 0.1) is 0 Å². The van der Waals surface area contributed by atoms with Gasteiger partial charge in [0, 0.05) is 28.8 Å². The number of aromatic nitrogens is 1. The number of Topliss-reactive ketones (excluding diaryl/α,β-unsaturated/α-hetero) is 1. The third-order valence-electron chi connectivity index (χ3n) is 4.77. The average molecular weight is 413 g/mol. The van der Waals surface area contributed by atoms with Gasteiger partial charge >= 0.3 is 51.4 Å². The molecule has 1 aromatic heterocycles. The van der Waals surface area contributed by atoms with Crippen molar-refractivity contribution in [1.29, 1.82) is 0 Å². The van der Waals surface area contributed by atoms with E-state index in [4.69, 9.17) is 4.74 Å². The summed E-state index contributed by atoms with van der Waals surface area (Å²) in [6.07, 6.45) is 1.94. The van der Waals surface area contributed by atoms with Gasteiger partial charge in [0.15, 0.2) is 5.78 Å². The first-order valence-electron chi connectivity index (χ1n) is 8.83. The smallest absolute Gasteiger partial charge is 0.508 e. The third-order valence-corrected chi connectivity index (χ3v) is 4.77. The second-order valence-corrected chi connectivity index (χ2v) is 6.57. The summed E-state index contributed by atoms with van der Waals surface area (Å²) in [6.45, 7) is 0.159. The summed E-state index contributed by atoms with van der Waals surface area (Å²) in [5.41, 5.74) is 3.34. The largest absolute Gasteiger partial charge is 1.00 e. The van der Waals surface area contributed by atoms with Gasteiger partial charge in [0.05, 0.1) is 19.2 Å². The van der Waals surface area contributed by atoms with E-state index in [1.54, 1.807) is 31.4 Å². The van der Waals surface area contributed by atoms with Crippen LogP contribution in [0.4, 0.5) is 0 Å². The Morgan fingerprint density at radius 1 is 0.931 bits per heavy atom. The molecule has 29 heavy (non-hydrogen) atoms. The maximum absolute atomic E-state index is 12.7. The van der Waals surface area contributed by atoms with Gasteiger partial charge in [-0.2, -0.15) is 0 Å². The average Bonchev–Trinajstić information content (AvgIpc) is 3.06. The topological polar surface area (TPSA) is 71.7 Å². The zero-order valence-electron chi connectivity index (χ0n) is 16.3. The molecule has 4 rings (SSSR count). The molecule has 4 aromatic rings. The number of phenolic OH excluding ortho intramolecular Hbond substituents is 2. The van der Waals surface area contributed by atoms with Crippen molar-refractivity contribution in [1.82, 2.24) is 4.57 Å². The second kappa shape index (κ2) is 9.15. The van der Waals surface area contributed by atoms with E-state index in [2.05, 4.69) is 0 Å². The van der Waals surface area contributed by atoms with Crippen molar-refractivity contribution in [2.24, 2.45) is 0 Å². The molecule has 0 unspecified atom stereocenters. The molecule has 0 radical (unpaired) electrons. The van der Waals surface area contributed by atoms with Gasteiger partial charge in [0.25, 0.3) is 0 Å². The van der Waals surface area contributed by atoms with Crippen molar-refractivity contribution < 1.29 is 71.1 Å². The Labute approximate surface area is 211 Å². The fraction of sp³-hybridized carbons (Fsp3) is 0.0870. The molecule has 5 nitrogen and oxygen atoms in total. The van der Waals surface area contributed by atoms with Crippen LogP contribution in [0.1, 0.15) is 10.4 Å². The van der Waals surface area contributed by atoms with Crippen LogP contribution in [0.25, 0.3) is 22.0 Å². The molecule has 0 saturated carbocycles. The first kappa shape index (κ1) is 21.6. The Bertz CT molecular complexity index is 1150. The van der Waals surface area contributed by atoms with Crippen LogP contribution in [0.3, 0.4) is 0 Å². The second-order valence-electron chi connectivity index (χ2n) is 6.57. The van der Waals surface area contributed by atoms with E-state index >= 15 is 0 Å². The van der Waals surface area contributed by atoms with Crippen molar-refractivity contribution in [2.75, 3.05) is 7.11 Å². The number of benzene rings is 3. The first-order valence-corrected chi connectivity index (χ1v) is 8.83. The van der Waals surface area contributed by atoms with Crippen LogP contribution >= 0.6 is 0 Å². The van der Waals surface area contributed by atoms with Gasteiger partial charge < -0.3 is 19.5 Å². The zero-order chi connectivity index (χ0) is 19.7. The number of carbonyl (C=O) groups is 1. The SMILES string of the molecule is COc1ccc2c(-c3ccc(O)cc3)cn(CC(=O)c3ccc(O)cc3)c2c1.[K+]. The molecule has 0 aliphatic heterocycles. The van der Waals surface area contributed by atoms with Crippen LogP contribution < -0.4 is 56.1 Å². The van der Waals surface area contributed by atoms with Gasteiger partial charge in [-0.25, -0.2) is 0 Å². The number of nitrogens with zero attached hydrogens (tertiary/aromatic N) is 1. The minimum atomic E-state index is -0.0584. The van der Waals surface area contributed by atoms with Crippen molar-refractivity contribution in [2.45, 2.75) is 6.54 Å². The molecule has 2 N–H and O–H groups in total. The van der Waals surface area contributed by atoms with Gasteiger partial charge in [-0.15, -0.1) is 0 Å². The number of hydrogen-bond acceptors (Lipinski definition) is 4. The molecule has 0 aliphatic carbocycles. The minimum absolute atomic E-state index is 0. The monoisotopic (exact) mass is 412 g/mol. The van der Waals surface area contributed by atoms with Crippen LogP contribution in [-0.4, -0.2) is 27.7 Å². The third kappa shape index (κ3) is 4.57. The van der Waals surface area contributed by atoms with Crippen LogP contribution in [-0.2, 0) is 6.54 Å². The van der Waals surface area contributed by atoms with E-state index in [0.29, 0.717) is 11.3 Å². The van der Waals surface area contributed by atoms with Gasteiger partial charge in [-0.1, -0.05) is 12.1 Å². The number of carbonyl (C=O) groups excluding carboxylic acids is 1. The molecule has 0 fully saturated rings. The van der Waals surface area contributed by atoms with E-state index in [1.807, 2.05) is 41.1 Å². The standard InChI is InChI=1S/C23H19NO4.K/c1-28-19-10-11-20-21(15-2-6-17(25)7-3-15)13-24(22(20)12-19)14-23(27)16-4-8-18(26)9-5-16;/h2-13,25-26H,14H2,1H3;/q;+1. The molecule has 1 heterocycles. The number of methoxy groups -OCH3 is 1. The molecular formula is C23H19KNO4+. The fourth-order valence-electron chi connectivity index (χ4n) is 3.29. The summed E-state index contributed by atoms with van der Waals surface area (Å²) in [7, 11) is 1.61. The number of hydrogen-bond donors (Lipinski definition) is 2. The Kier molecular flexibility index (Phi) is 6.82. The molecule has 3 aromatic carbocycles. The van der Waals surface area contributed by atoms with Crippen LogP contribution in [0.5, 0.6) is 17.2 Å². The number of rotatable bonds is 5. The van der Waals surface area contributed by atoms with E-state index in [-0.39, 0.29) is 75.2 Å². The van der Waals surface area contributed by atoms with Crippen molar-refractivity contribution in [3.8, 4) is 28.4 Å². The molecule has 0 amide bonds. The summed E-state index contributed by atoms with van der Waals surface area (Å²) in [4.78, 5) is 12.7. The van der Waals surface area contributed by atoms with E-state index in [0.717, 1.165) is 22.0 Å². The summed E-state index contributed by atoms with van der Waals surface area (Å²) >= 11 is 0. The maximum Gasteiger partial charge on any atom is 1.00 e. The van der Waals surface area contributed by atoms with Gasteiger partial charge in [-0.05, 0) is 54.1 Å². The van der Waals surface area contributed by atoms with Crippen molar-refractivity contribution >= 4 is 16.7 Å². The summed E-state index contributed by atoms with van der Waals surface area (Å²) in [6, 6.07) is 19.0. The number of phenols is 2. The summed E-state index contributed by atoms with van der Waals surface area (Å²) < 4.78 is 7.25. The number of fused-ring (bicyclic) bond motifs is 1. The fourth-order valence-corrected chi connectivity index (χ4v) is 3.29. The molecule has 0 spiro atoms. The van der Waals surface area contributed by atoms with Crippen molar-refractivity contribution in [3.05, 3.63) is 78.5 Å². The van der Waals surface area contributed by atoms with E-state index in [1.165, 1.54) is 12.1 Å². The Balaban J connectivity index is 0.00000240. The first-order chi connectivity index (χ1) is 13.5. The minimum Gasteiger partial charge on any atom is -0.508 e. The predicted octanol–water partition coefficient (Wildman–Crippen LogP) is 1.61. The Morgan fingerprint density at radius 3 is 2.17 bits per heavy atom. The molecule has 0 atom stereocenters. The van der Waals surface area contributed by atoms with E-state index in [9.17, 15) is 15.0 Å². The van der Waals surface area contributed by atoms with Crippen LogP contribution in [0.15, 0.2) is 72.9 Å². The van der Waals surface area contributed by atoms with Crippen LogP contribution in [0.2, 0.25) is 0 Å². The number of ketones is 1. The predicted molar refractivity (Wildman–Crippen MR) is 108 cm³/mol. The molecule has 140 valence electrons. The molecule has 0 saturated heterocycles. The van der Waals surface area contributed by atoms with Crippen molar-refractivity contribution in [3.63, 3.8) is 0 Å². The molecule has 0 bridgehead atoms. The number of aromatic hydroxyl groups is 2.